The van der Waals surface area contributed by atoms with E-state index in [9.17, 15) is 19.8 Å². The van der Waals surface area contributed by atoms with Crippen molar-refractivity contribution in [2.45, 2.75) is 360 Å². The van der Waals surface area contributed by atoms with Gasteiger partial charge in [0.2, 0.25) is 5.91 Å². The van der Waals surface area contributed by atoms with Crippen LogP contribution in [0.15, 0.2) is 60.8 Å². The van der Waals surface area contributed by atoms with Crippen molar-refractivity contribution >= 4 is 11.9 Å². The molecule has 2 atom stereocenters. The molecule has 2 unspecified atom stereocenters. The van der Waals surface area contributed by atoms with E-state index in [0.717, 1.165) is 57.8 Å². The van der Waals surface area contributed by atoms with Crippen LogP contribution < -0.4 is 5.32 Å². The van der Waals surface area contributed by atoms with Crippen LogP contribution in [0.25, 0.3) is 0 Å². The molecule has 76 heavy (non-hydrogen) atoms. The van der Waals surface area contributed by atoms with Gasteiger partial charge in [0.05, 0.1) is 25.4 Å². The highest BCUT2D eigenvalue weighted by Crippen LogP contribution is 2.17. The molecule has 0 aliphatic carbocycles. The second kappa shape index (κ2) is 65.1. The Hall–Kier alpha value is -2.44. The summed E-state index contributed by atoms with van der Waals surface area (Å²) < 4.78 is 5.48. The molecular formula is C70H129NO5. The summed E-state index contributed by atoms with van der Waals surface area (Å²) in [6.45, 7) is 4.88. The van der Waals surface area contributed by atoms with E-state index >= 15 is 0 Å². The lowest BCUT2D eigenvalue weighted by Gasteiger charge is -2.20. The third-order valence-corrected chi connectivity index (χ3v) is 15.3. The lowest BCUT2D eigenvalue weighted by molar-refractivity contribution is -0.143. The topological polar surface area (TPSA) is 95.9 Å². The number of unbranched alkanes of at least 4 members (excludes halogenated alkanes) is 43. The molecule has 0 spiro atoms. The minimum Gasteiger partial charge on any atom is -0.466 e. The number of aliphatic hydroxyl groups excluding tert-OH is 2. The van der Waals surface area contributed by atoms with Gasteiger partial charge in [0.25, 0.3) is 0 Å². The number of amides is 1. The summed E-state index contributed by atoms with van der Waals surface area (Å²) in [7, 11) is 0. The first-order chi connectivity index (χ1) is 37.5. The normalized spacial score (nSPS) is 12.9. The number of hydrogen-bond acceptors (Lipinski definition) is 5. The quantitative estimate of drug-likeness (QED) is 0.0320. The first kappa shape index (κ1) is 73.6. The van der Waals surface area contributed by atoms with Crippen LogP contribution in [0.1, 0.15) is 348 Å². The van der Waals surface area contributed by atoms with Crippen LogP contribution in [-0.2, 0) is 14.3 Å². The zero-order valence-corrected chi connectivity index (χ0v) is 50.7. The van der Waals surface area contributed by atoms with Gasteiger partial charge in [-0.25, -0.2) is 0 Å². The Morgan fingerprint density at radius 2 is 0.658 bits per heavy atom. The van der Waals surface area contributed by atoms with Crippen molar-refractivity contribution in [1.29, 1.82) is 0 Å². The number of carbonyl (C=O) groups excluding carboxylic acids is 2. The molecular weight excluding hydrogens is 935 g/mol. The fourth-order valence-corrected chi connectivity index (χ4v) is 10.1. The van der Waals surface area contributed by atoms with Gasteiger partial charge in [0.15, 0.2) is 0 Å². The van der Waals surface area contributed by atoms with Gasteiger partial charge in [0, 0.05) is 12.8 Å². The molecule has 0 fully saturated rings. The monoisotopic (exact) mass is 1060 g/mol. The summed E-state index contributed by atoms with van der Waals surface area (Å²) in [5.41, 5.74) is 0. The maximum atomic E-state index is 12.5. The fraction of sp³-hybridized carbons (Fsp3) is 0.829. The predicted octanol–water partition coefficient (Wildman–Crippen LogP) is 21.5. The number of ether oxygens (including phenoxy) is 1. The Morgan fingerprint density at radius 3 is 1.03 bits per heavy atom. The Kier molecular flexibility index (Phi) is 63.0. The van der Waals surface area contributed by atoms with Crippen LogP contribution >= 0.6 is 0 Å². The highest BCUT2D eigenvalue weighted by atomic mass is 16.5. The molecule has 6 nitrogen and oxygen atoms in total. The van der Waals surface area contributed by atoms with Gasteiger partial charge in [-0.2, -0.15) is 0 Å². The van der Waals surface area contributed by atoms with E-state index < -0.39 is 12.1 Å². The molecule has 0 radical (unpaired) electrons. The lowest BCUT2D eigenvalue weighted by Crippen LogP contribution is -2.45. The smallest absolute Gasteiger partial charge is 0.305 e. The third kappa shape index (κ3) is 60.8. The van der Waals surface area contributed by atoms with E-state index in [4.69, 9.17) is 4.74 Å². The number of allylic oxidation sites excluding steroid dienone is 9. The Bertz CT molecular complexity index is 1320. The van der Waals surface area contributed by atoms with Crippen molar-refractivity contribution in [2.24, 2.45) is 0 Å². The first-order valence-corrected chi connectivity index (χ1v) is 33.6. The molecule has 3 N–H and O–H groups in total. The summed E-state index contributed by atoms with van der Waals surface area (Å²) in [4.78, 5) is 24.6. The molecule has 0 aromatic heterocycles. The van der Waals surface area contributed by atoms with Crippen molar-refractivity contribution in [2.75, 3.05) is 13.2 Å². The number of rotatable bonds is 62. The number of carbonyl (C=O) groups is 2. The van der Waals surface area contributed by atoms with E-state index in [-0.39, 0.29) is 18.5 Å². The second-order valence-electron chi connectivity index (χ2n) is 22.8. The van der Waals surface area contributed by atoms with Gasteiger partial charge in [-0.3, -0.25) is 9.59 Å². The van der Waals surface area contributed by atoms with Crippen molar-refractivity contribution in [3.05, 3.63) is 60.8 Å². The molecule has 444 valence electrons. The van der Waals surface area contributed by atoms with Crippen molar-refractivity contribution in [3.63, 3.8) is 0 Å². The zero-order chi connectivity index (χ0) is 55.0. The Balaban J connectivity index is 3.47. The highest BCUT2D eigenvalue weighted by molar-refractivity contribution is 5.76. The van der Waals surface area contributed by atoms with Gasteiger partial charge in [-0.1, -0.05) is 299 Å². The molecule has 1 amide bonds. The summed E-state index contributed by atoms with van der Waals surface area (Å²) in [5.74, 6) is -0.0783. The zero-order valence-electron chi connectivity index (χ0n) is 50.7. The molecule has 0 aliphatic rings. The lowest BCUT2D eigenvalue weighted by atomic mass is 10.0. The van der Waals surface area contributed by atoms with Crippen molar-refractivity contribution < 1.29 is 24.5 Å². The number of hydrogen-bond donors (Lipinski definition) is 3. The molecule has 0 heterocycles. The van der Waals surface area contributed by atoms with Crippen LogP contribution in [-0.4, -0.2) is 47.4 Å². The SMILES string of the molecule is CCCCC/C=C\C/C=C\CCCCCCCC(=O)OCCCCCCCCCCC/C=C\C/C=C\CCCCCCCCCCCC(=O)NC(CO)C(O)/C=C/CCCCCCCCCCCCCCCCCCC. The van der Waals surface area contributed by atoms with Crippen LogP contribution in [0.5, 0.6) is 0 Å². The summed E-state index contributed by atoms with van der Waals surface area (Å²) in [6.07, 6.45) is 85.6. The molecule has 6 heteroatoms. The fourth-order valence-electron chi connectivity index (χ4n) is 10.1. The molecule has 0 bridgehead atoms. The molecule has 0 aliphatic heterocycles. The molecule has 0 saturated heterocycles. The molecule has 0 saturated carbocycles. The van der Waals surface area contributed by atoms with Gasteiger partial charge >= 0.3 is 5.97 Å². The Morgan fingerprint density at radius 1 is 0.368 bits per heavy atom. The van der Waals surface area contributed by atoms with E-state index in [0.29, 0.717) is 19.4 Å². The van der Waals surface area contributed by atoms with E-state index in [2.05, 4.69) is 67.8 Å². The van der Waals surface area contributed by atoms with Crippen LogP contribution in [0.4, 0.5) is 0 Å². The largest absolute Gasteiger partial charge is 0.466 e. The average molecular weight is 1060 g/mol. The average Bonchev–Trinajstić information content (AvgIpc) is 3.42. The minimum atomic E-state index is -0.851. The highest BCUT2D eigenvalue weighted by Gasteiger charge is 2.18. The van der Waals surface area contributed by atoms with Gasteiger partial charge in [0.1, 0.15) is 0 Å². The number of nitrogens with one attached hydrogen (secondary N) is 1. The maximum absolute atomic E-state index is 12.5. The van der Waals surface area contributed by atoms with E-state index in [1.54, 1.807) is 6.08 Å². The van der Waals surface area contributed by atoms with Gasteiger partial charge in [-0.05, 0) is 96.3 Å². The summed E-state index contributed by atoms with van der Waals surface area (Å²) in [5, 5.41) is 23.2. The number of aliphatic hydroxyl groups is 2. The van der Waals surface area contributed by atoms with Crippen LogP contribution in [0.3, 0.4) is 0 Å². The van der Waals surface area contributed by atoms with Crippen molar-refractivity contribution in [1.82, 2.24) is 5.32 Å². The first-order valence-electron chi connectivity index (χ1n) is 33.6. The summed E-state index contributed by atoms with van der Waals surface area (Å²) >= 11 is 0. The van der Waals surface area contributed by atoms with E-state index in [1.165, 1.54) is 263 Å². The second-order valence-corrected chi connectivity index (χ2v) is 22.8. The third-order valence-electron chi connectivity index (χ3n) is 15.3. The molecule has 0 aromatic carbocycles. The minimum absolute atomic E-state index is 0.00576. The van der Waals surface area contributed by atoms with Crippen molar-refractivity contribution in [3.8, 4) is 0 Å². The Labute approximate surface area is 473 Å². The molecule has 0 rings (SSSR count). The van der Waals surface area contributed by atoms with Crippen LogP contribution in [0.2, 0.25) is 0 Å². The predicted molar refractivity (Wildman–Crippen MR) is 333 cm³/mol. The van der Waals surface area contributed by atoms with Gasteiger partial charge < -0.3 is 20.3 Å². The standard InChI is InChI=1S/C70H129NO5/c1-3-5-7-9-11-13-15-17-19-20-28-31-35-38-42-46-50-54-58-62-68(73)67(66-72)71-69(74)63-59-55-51-47-43-39-36-32-29-26-24-22-21-23-25-27-30-33-37-41-45-49-53-57-61-65-76-70(75)64-60-56-52-48-44-40-34-18-16-14-12-10-8-6-4-2/h12,14,18,22-25,34,58,62,67-68,72-73H,3-11,13,15-17,19-21,26-33,35-57,59-61,63-66H2,1-2H3,(H,71,74)/b14-12-,24-22-,25-23-,34-18-,62-58+. The van der Waals surface area contributed by atoms with Crippen LogP contribution in [0, 0.1) is 0 Å². The van der Waals surface area contributed by atoms with Gasteiger partial charge in [-0.15, -0.1) is 0 Å². The summed E-state index contributed by atoms with van der Waals surface area (Å²) in [6, 6.07) is -0.635. The molecule has 0 aromatic rings. The van der Waals surface area contributed by atoms with E-state index in [1.807, 2.05) is 6.08 Å². The maximum Gasteiger partial charge on any atom is 0.305 e. The number of esters is 1.